The second kappa shape index (κ2) is 5.88. The monoisotopic (exact) mass is 305 g/mol. The molecule has 0 radical (unpaired) electrons. The summed E-state index contributed by atoms with van der Waals surface area (Å²) >= 11 is 5.72. The standard InChI is InChI=1S/C14H12ClN3O3/c1-8-4-3-5-9(2)13(8)17-14(19)10-6-12(15)16-7-11(10)18(20)21/h3-7H,1-2H3,(H,17,19). The van der Waals surface area contributed by atoms with Crippen LogP contribution in [0.3, 0.4) is 0 Å². The van der Waals surface area contributed by atoms with E-state index < -0.39 is 10.8 Å². The topological polar surface area (TPSA) is 85.1 Å². The quantitative estimate of drug-likeness (QED) is 0.534. The van der Waals surface area contributed by atoms with Gasteiger partial charge in [0.1, 0.15) is 16.9 Å². The Morgan fingerprint density at radius 2 is 1.95 bits per heavy atom. The molecule has 0 aliphatic carbocycles. The molecule has 0 unspecified atom stereocenters. The van der Waals surface area contributed by atoms with Crippen molar-refractivity contribution in [3.63, 3.8) is 0 Å². The molecular weight excluding hydrogens is 294 g/mol. The minimum atomic E-state index is -0.664. The van der Waals surface area contributed by atoms with Crippen molar-refractivity contribution >= 4 is 28.9 Å². The molecule has 0 aliphatic heterocycles. The molecule has 1 heterocycles. The van der Waals surface area contributed by atoms with Crippen molar-refractivity contribution in [2.24, 2.45) is 0 Å². The van der Waals surface area contributed by atoms with E-state index in [1.54, 1.807) is 0 Å². The summed E-state index contributed by atoms with van der Waals surface area (Å²) < 4.78 is 0. The number of hydrogen-bond donors (Lipinski definition) is 1. The van der Waals surface area contributed by atoms with Crippen LogP contribution in [0.4, 0.5) is 11.4 Å². The van der Waals surface area contributed by atoms with Gasteiger partial charge in [0.15, 0.2) is 0 Å². The number of amides is 1. The van der Waals surface area contributed by atoms with Crippen LogP contribution in [-0.4, -0.2) is 15.8 Å². The van der Waals surface area contributed by atoms with Crippen LogP contribution in [0.5, 0.6) is 0 Å². The van der Waals surface area contributed by atoms with E-state index in [0.717, 1.165) is 17.3 Å². The highest BCUT2D eigenvalue weighted by atomic mass is 35.5. The van der Waals surface area contributed by atoms with Crippen molar-refractivity contribution in [1.82, 2.24) is 4.98 Å². The summed E-state index contributed by atoms with van der Waals surface area (Å²) in [5.74, 6) is -0.594. The summed E-state index contributed by atoms with van der Waals surface area (Å²) in [5.41, 5.74) is 1.85. The van der Waals surface area contributed by atoms with Crippen LogP contribution in [0.1, 0.15) is 21.5 Å². The van der Waals surface area contributed by atoms with Gasteiger partial charge in [-0.05, 0) is 31.0 Å². The van der Waals surface area contributed by atoms with Crippen LogP contribution >= 0.6 is 11.6 Å². The van der Waals surface area contributed by atoms with Crippen molar-refractivity contribution in [2.45, 2.75) is 13.8 Å². The predicted molar refractivity (Wildman–Crippen MR) is 79.8 cm³/mol. The fourth-order valence-corrected chi connectivity index (χ4v) is 2.10. The number of carbonyl (C=O) groups is 1. The van der Waals surface area contributed by atoms with E-state index in [9.17, 15) is 14.9 Å². The van der Waals surface area contributed by atoms with Gasteiger partial charge in [-0.1, -0.05) is 29.8 Å². The predicted octanol–water partition coefficient (Wildman–Crippen LogP) is 3.51. The maximum Gasteiger partial charge on any atom is 0.300 e. The molecule has 21 heavy (non-hydrogen) atoms. The molecule has 7 heteroatoms. The van der Waals surface area contributed by atoms with Crippen LogP contribution < -0.4 is 5.32 Å². The highest BCUT2D eigenvalue weighted by Crippen LogP contribution is 2.24. The zero-order valence-corrected chi connectivity index (χ0v) is 12.1. The van der Waals surface area contributed by atoms with Gasteiger partial charge >= 0.3 is 0 Å². The van der Waals surface area contributed by atoms with Crippen LogP contribution in [0.15, 0.2) is 30.5 Å². The van der Waals surface area contributed by atoms with E-state index in [4.69, 9.17) is 11.6 Å². The average molecular weight is 306 g/mol. The molecule has 0 fully saturated rings. The molecule has 1 N–H and O–H groups in total. The number of halogens is 1. The maximum atomic E-state index is 12.3. The van der Waals surface area contributed by atoms with Gasteiger partial charge in [0, 0.05) is 5.69 Å². The zero-order chi connectivity index (χ0) is 15.6. The second-order valence-electron chi connectivity index (χ2n) is 4.50. The van der Waals surface area contributed by atoms with Crippen molar-refractivity contribution in [3.05, 3.63) is 62.4 Å². The lowest BCUT2D eigenvalue weighted by atomic mass is 10.1. The molecule has 0 spiro atoms. The molecule has 2 aromatic rings. The molecular formula is C14H12ClN3O3. The lowest BCUT2D eigenvalue weighted by molar-refractivity contribution is -0.385. The number of rotatable bonds is 3. The van der Waals surface area contributed by atoms with Crippen LogP contribution in [-0.2, 0) is 0 Å². The van der Waals surface area contributed by atoms with E-state index in [0.29, 0.717) is 5.69 Å². The number of nitrogens with one attached hydrogen (secondary N) is 1. The molecule has 0 saturated heterocycles. The highest BCUT2D eigenvalue weighted by molar-refractivity contribution is 6.30. The SMILES string of the molecule is Cc1cccc(C)c1NC(=O)c1cc(Cl)ncc1[N+](=O)[O-]. The number of aromatic nitrogens is 1. The number of para-hydroxylation sites is 1. The number of pyridine rings is 1. The minimum Gasteiger partial charge on any atom is -0.321 e. The fraction of sp³-hybridized carbons (Fsp3) is 0.143. The van der Waals surface area contributed by atoms with E-state index >= 15 is 0 Å². The minimum absolute atomic E-state index is 0.0206. The summed E-state index contributed by atoms with van der Waals surface area (Å²) in [7, 11) is 0. The first-order chi connectivity index (χ1) is 9.90. The Bertz CT molecular complexity index is 711. The van der Waals surface area contributed by atoms with E-state index in [1.807, 2.05) is 32.0 Å². The van der Waals surface area contributed by atoms with Crippen molar-refractivity contribution in [1.29, 1.82) is 0 Å². The van der Waals surface area contributed by atoms with E-state index in [1.165, 1.54) is 6.07 Å². The number of anilines is 1. The largest absolute Gasteiger partial charge is 0.321 e. The van der Waals surface area contributed by atoms with Gasteiger partial charge < -0.3 is 5.32 Å². The van der Waals surface area contributed by atoms with Gasteiger partial charge in [0.05, 0.1) is 4.92 Å². The van der Waals surface area contributed by atoms with Crippen LogP contribution in [0.25, 0.3) is 0 Å². The molecule has 0 saturated carbocycles. The fourth-order valence-electron chi connectivity index (χ4n) is 1.94. The molecule has 6 nitrogen and oxygen atoms in total. The Morgan fingerprint density at radius 3 is 2.52 bits per heavy atom. The van der Waals surface area contributed by atoms with Crippen molar-refractivity contribution < 1.29 is 9.72 Å². The number of hydrogen-bond acceptors (Lipinski definition) is 4. The number of nitro groups is 1. The molecule has 0 atom stereocenters. The van der Waals surface area contributed by atoms with Gasteiger partial charge in [-0.3, -0.25) is 14.9 Å². The molecule has 1 aromatic carbocycles. The summed E-state index contributed by atoms with van der Waals surface area (Å²) in [6.45, 7) is 3.69. The number of benzene rings is 1. The third-order valence-electron chi connectivity index (χ3n) is 3.01. The van der Waals surface area contributed by atoms with Gasteiger partial charge in [0.25, 0.3) is 11.6 Å². The second-order valence-corrected chi connectivity index (χ2v) is 4.89. The van der Waals surface area contributed by atoms with E-state index in [-0.39, 0.29) is 16.4 Å². The smallest absolute Gasteiger partial charge is 0.300 e. The Labute approximate surface area is 125 Å². The maximum absolute atomic E-state index is 12.3. The highest BCUT2D eigenvalue weighted by Gasteiger charge is 2.22. The normalized spacial score (nSPS) is 10.2. The van der Waals surface area contributed by atoms with Gasteiger partial charge in [-0.25, -0.2) is 4.98 Å². The zero-order valence-electron chi connectivity index (χ0n) is 11.4. The van der Waals surface area contributed by atoms with Crippen molar-refractivity contribution in [2.75, 3.05) is 5.32 Å². The van der Waals surface area contributed by atoms with Gasteiger partial charge in [0.2, 0.25) is 0 Å². The first kappa shape index (κ1) is 14.9. The number of nitrogens with zero attached hydrogens (tertiary/aromatic N) is 2. The lowest BCUT2D eigenvalue weighted by Gasteiger charge is -2.11. The van der Waals surface area contributed by atoms with E-state index in [2.05, 4.69) is 10.3 Å². The summed E-state index contributed by atoms with van der Waals surface area (Å²) in [4.78, 5) is 26.2. The molecule has 1 amide bonds. The molecule has 108 valence electrons. The Hall–Kier alpha value is -2.47. The third kappa shape index (κ3) is 3.17. The molecule has 2 rings (SSSR count). The summed E-state index contributed by atoms with van der Waals surface area (Å²) in [6.07, 6.45) is 0.974. The first-order valence-corrected chi connectivity index (χ1v) is 6.45. The van der Waals surface area contributed by atoms with Crippen LogP contribution in [0.2, 0.25) is 5.15 Å². The van der Waals surface area contributed by atoms with Crippen molar-refractivity contribution in [3.8, 4) is 0 Å². The number of carbonyl (C=O) groups excluding carboxylic acids is 1. The van der Waals surface area contributed by atoms with Gasteiger partial charge in [-0.2, -0.15) is 0 Å². The van der Waals surface area contributed by atoms with Gasteiger partial charge in [-0.15, -0.1) is 0 Å². The first-order valence-electron chi connectivity index (χ1n) is 6.07. The molecule has 1 aromatic heterocycles. The summed E-state index contributed by atoms with van der Waals surface area (Å²) in [5, 5.41) is 13.7. The Morgan fingerprint density at radius 1 is 1.33 bits per heavy atom. The summed E-state index contributed by atoms with van der Waals surface area (Å²) in [6, 6.07) is 6.74. The molecule has 0 bridgehead atoms. The Balaban J connectivity index is 2.41. The van der Waals surface area contributed by atoms with Crippen LogP contribution in [0, 0.1) is 24.0 Å². The number of aryl methyl sites for hydroxylation is 2. The molecule has 0 aliphatic rings. The average Bonchev–Trinajstić information content (AvgIpc) is 2.42. The Kier molecular flexibility index (Phi) is 4.18. The third-order valence-corrected chi connectivity index (χ3v) is 3.22. The lowest BCUT2D eigenvalue weighted by Crippen LogP contribution is -2.15.